The lowest BCUT2D eigenvalue weighted by Gasteiger charge is -2.36. The van der Waals surface area contributed by atoms with E-state index >= 15 is 0 Å². The molecule has 0 aromatic carbocycles. The minimum absolute atomic E-state index is 0.226. The Kier molecular flexibility index (Phi) is 4.66. The fraction of sp³-hybridized carbons (Fsp3) is 0.933. The van der Waals surface area contributed by atoms with Crippen LogP contribution < -0.4 is 10.6 Å². The highest BCUT2D eigenvalue weighted by molar-refractivity contribution is 5.86. The smallest absolute Gasteiger partial charge is 0.240 e. The molecule has 2 rings (SSSR count). The lowest BCUT2D eigenvalue weighted by atomic mass is 9.83. The minimum Gasteiger partial charge on any atom is -0.352 e. The van der Waals surface area contributed by atoms with E-state index in [0.717, 1.165) is 18.9 Å². The average Bonchev–Trinajstić information content (AvgIpc) is 2.40. The van der Waals surface area contributed by atoms with Crippen LogP contribution in [-0.4, -0.2) is 24.0 Å². The van der Waals surface area contributed by atoms with Crippen molar-refractivity contribution in [1.29, 1.82) is 0 Å². The van der Waals surface area contributed by atoms with Gasteiger partial charge in [-0.15, -0.1) is 0 Å². The Morgan fingerprint density at radius 2 is 2.17 bits per heavy atom. The van der Waals surface area contributed by atoms with Crippen LogP contribution in [0.15, 0.2) is 0 Å². The molecule has 1 aliphatic carbocycles. The Morgan fingerprint density at radius 3 is 2.83 bits per heavy atom. The van der Waals surface area contributed by atoms with Crippen molar-refractivity contribution in [2.24, 2.45) is 5.92 Å². The predicted molar refractivity (Wildman–Crippen MR) is 74.4 cm³/mol. The second kappa shape index (κ2) is 6.05. The van der Waals surface area contributed by atoms with Crippen LogP contribution in [0.3, 0.4) is 0 Å². The second-order valence-electron chi connectivity index (χ2n) is 6.33. The van der Waals surface area contributed by atoms with Crippen LogP contribution >= 0.6 is 0 Å². The van der Waals surface area contributed by atoms with Gasteiger partial charge in [0.25, 0.3) is 0 Å². The number of carbonyl (C=O) groups is 1. The number of hydrogen-bond donors (Lipinski definition) is 2. The largest absolute Gasteiger partial charge is 0.352 e. The van der Waals surface area contributed by atoms with Gasteiger partial charge in [0.2, 0.25) is 5.91 Å². The Balaban J connectivity index is 1.86. The molecule has 1 aliphatic heterocycles. The summed E-state index contributed by atoms with van der Waals surface area (Å²) in [5.74, 6) is 1.04. The molecule has 0 aromatic rings. The van der Waals surface area contributed by atoms with Crippen LogP contribution in [0, 0.1) is 5.92 Å². The van der Waals surface area contributed by atoms with Crippen LogP contribution in [0.1, 0.15) is 65.2 Å². The molecule has 2 fully saturated rings. The SMILES string of the molecule is CCC1CCCC(NC(=O)C2(C)CCCCN2)C1. The van der Waals surface area contributed by atoms with Gasteiger partial charge >= 0.3 is 0 Å². The molecule has 0 spiro atoms. The minimum atomic E-state index is -0.322. The Morgan fingerprint density at radius 1 is 1.33 bits per heavy atom. The van der Waals surface area contributed by atoms with Crippen molar-refractivity contribution in [2.45, 2.75) is 76.8 Å². The highest BCUT2D eigenvalue weighted by Crippen LogP contribution is 2.27. The predicted octanol–water partition coefficient (Wildman–Crippen LogP) is 2.60. The van der Waals surface area contributed by atoms with E-state index < -0.39 is 0 Å². The summed E-state index contributed by atoms with van der Waals surface area (Å²) in [6, 6.07) is 0.414. The van der Waals surface area contributed by atoms with Crippen LogP contribution in [0.4, 0.5) is 0 Å². The zero-order valence-corrected chi connectivity index (χ0v) is 11.9. The van der Waals surface area contributed by atoms with E-state index in [0.29, 0.717) is 6.04 Å². The molecule has 104 valence electrons. The Hall–Kier alpha value is -0.570. The summed E-state index contributed by atoms with van der Waals surface area (Å²) in [6.07, 6.45) is 9.55. The summed E-state index contributed by atoms with van der Waals surface area (Å²) in [6.45, 7) is 5.30. The molecular formula is C15H28N2O. The van der Waals surface area contributed by atoms with E-state index in [-0.39, 0.29) is 11.4 Å². The molecule has 1 heterocycles. The van der Waals surface area contributed by atoms with Gasteiger partial charge in [-0.05, 0) is 51.5 Å². The fourth-order valence-corrected chi connectivity index (χ4v) is 3.39. The maximum atomic E-state index is 12.4. The van der Waals surface area contributed by atoms with Gasteiger partial charge in [0.15, 0.2) is 0 Å². The van der Waals surface area contributed by atoms with Crippen molar-refractivity contribution in [3.63, 3.8) is 0 Å². The molecule has 0 bridgehead atoms. The summed E-state index contributed by atoms with van der Waals surface area (Å²) in [5, 5.41) is 6.69. The van der Waals surface area contributed by atoms with Crippen molar-refractivity contribution >= 4 is 5.91 Å². The first-order valence-electron chi connectivity index (χ1n) is 7.70. The van der Waals surface area contributed by atoms with Gasteiger partial charge in [0.1, 0.15) is 0 Å². The number of hydrogen-bond acceptors (Lipinski definition) is 2. The lowest BCUT2D eigenvalue weighted by molar-refractivity contribution is -0.129. The molecule has 1 saturated heterocycles. The van der Waals surface area contributed by atoms with Crippen LogP contribution in [-0.2, 0) is 4.79 Å². The lowest BCUT2D eigenvalue weighted by Crippen LogP contribution is -2.59. The standard InChI is InChI=1S/C15H28N2O/c1-3-12-7-6-8-13(11-12)17-14(18)15(2)9-4-5-10-16-15/h12-13,16H,3-11H2,1-2H3,(H,17,18). The van der Waals surface area contributed by atoms with Crippen LogP contribution in [0.5, 0.6) is 0 Å². The third-order valence-corrected chi connectivity index (χ3v) is 4.82. The topological polar surface area (TPSA) is 41.1 Å². The molecule has 1 amide bonds. The third kappa shape index (κ3) is 3.25. The fourth-order valence-electron chi connectivity index (χ4n) is 3.39. The first kappa shape index (κ1) is 13.9. The van der Waals surface area contributed by atoms with Gasteiger partial charge in [-0.2, -0.15) is 0 Å². The van der Waals surface area contributed by atoms with Gasteiger partial charge in [-0.1, -0.05) is 26.2 Å². The zero-order valence-electron chi connectivity index (χ0n) is 11.9. The molecule has 0 aromatic heterocycles. The average molecular weight is 252 g/mol. The van der Waals surface area contributed by atoms with Gasteiger partial charge in [0.05, 0.1) is 5.54 Å². The summed E-state index contributed by atoms with van der Waals surface area (Å²) < 4.78 is 0. The molecule has 1 saturated carbocycles. The number of rotatable bonds is 3. The number of piperidine rings is 1. The molecule has 18 heavy (non-hydrogen) atoms. The first-order chi connectivity index (χ1) is 8.64. The zero-order chi connectivity index (χ0) is 13.0. The van der Waals surface area contributed by atoms with Gasteiger partial charge in [-0.3, -0.25) is 4.79 Å². The quantitative estimate of drug-likeness (QED) is 0.810. The van der Waals surface area contributed by atoms with Gasteiger partial charge in [0, 0.05) is 6.04 Å². The highest BCUT2D eigenvalue weighted by atomic mass is 16.2. The summed E-state index contributed by atoms with van der Waals surface area (Å²) >= 11 is 0. The van der Waals surface area contributed by atoms with Crippen molar-refractivity contribution in [3.8, 4) is 0 Å². The Bertz CT molecular complexity index is 284. The molecule has 2 aliphatic rings. The Labute approximate surface area is 111 Å². The van der Waals surface area contributed by atoms with E-state index in [1.165, 1.54) is 44.9 Å². The number of amides is 1. The molecule has 3 atom stereocenters. The second-order valence-corrected chi connectivity index (χ2v) is 6.33. The van der Waals surface area contributed by atoms with Crippen molar-refractivity contribution < 1.29 is 4.79 Å². The summed E-state index contributed by atoms with van der Waals surface area (Å²) in [4.78, 5) is 12.4. The first-order valence-corrected chi connectivity index (χ1v) is 7.70. The number of carbonyl (C=O) groups excluding carboxylic acids is 1. The van der Waals surface area contributed by atoms with Crippen molar-refractivity contribution in [2.75, 3.05) is 6.54 Å². The van der Waals surface area contributed by atoms with E-state index in [1.807, 2.05) is 0 Å². The van der Waals surface area contributed by atoms with Crippen LogP contribution in [0.25, 0.3) is 0 Å². The van der Waals surface area contributed by atoms with Gasteiger partial charge in [-0.25, -0.2) is 0 Å². The van der Waals surface area contributed by atoms with E-state index in [1.54, 1.807) is 0 Å². The highest BCUT2D eigenvalue weighted by Gasteiger charge is 2.35. The monoisotopic (exact) mass is 252 g/mol. The van der Waals surface area contributed by atoms with E-state index in [9.17, 15) is 4.79 Å². The van der Waals surface area contributed by atoms with Crippen molar-refractivity contribution in [3.05, 3.63) is 0 Å². The van der Waals surface area contributed by atoms with Gasteiger partial charge < -0.3 is 10.6 Å². The van der Waals surface area contributed by atoms with E-state index in [4.69, 9.17) is 0 Å². The normalized spacial score (nSPS) is 37.2. The van der Waals surface area contributed by atoms with E-state index in [2.05, 4.69) is 24.5 Å². The molecule has 0 radical (unpaired) electrons. The molecule has 3 nitrogen and oxygen atoms in total. The summed E-state index contributed by atoms with van der Waals surface area (Å²) in [5.41, 5.74) is -0.322. The van der Waals surface area contributed by atoms with Crippen LogP contribution in [0.2, 0.25) is 0 Å². The number of nitrogens with one attached hydrogen (secondary N) is 2. The summed E-state index contributed by atoms with van der Waals surface area (Å²) in [7, 11) is 0. The maximum absolute atomic E-state index is 12.4. The molecule has 2 N–H and O–H groups in total. The third-order valence-electron chi connectivity index (χ3n) is 4.82. The molecular weight excluding hydrogens is 224 g/mol. The maximum Gasteiger partial charge on any atom is 0.240 e. The molecule has 3 heteroatoms. The van der Waals surface area contributed by atoms with Crippen molar-refractivity contribution in [1.82, 2.24) is 10.6 Å². The molecule has 3 unspecified atom stereocenters.